The minimum Gasteiger partial charge on any atom is -0.381 e. The van der Waals surface area contributed by atoms with Crippen molar-refractivity contribution in [3.05, 3.63) is 35.4 Å². The number of rotatable bonds is 9. The zero-order chi connectivity index (χ0) is 14.1. The molecule has 0 aliphatic rings. The van der Waals surface area contributed by atoms with E-state index in [1.54, 1.807) is 12.1 Å². The first-order chi connectivity index (χ1) is 9.09. The monoisotopic (exact) mass is 264 g/mol. The van der Waals surface area contributed by atoms with Crippen LogP contribution in [0.4, 0.5) is 0 Å². The van der Waals surface area contributed by atoms with Crippen LogP contribution in [0.25, 0.3) is 0 Å². The van der Waals surface area contributed by atoms with E-state index in [2.05, 4.69) is 19.2 Å². The Morgan fingerprint density at radius 3 is 2.58 bits per heavy atom. The van der Waals surface area contributed by atoms with Crippen LogP contribution in [0, 0.1) is 5.92 Å². The zero-order valence-corrected chi connectivity index (χ0v) is 11.8. The molecule has 0 aliphatic heterocycles. The van der Waals surface area contributed by atoms with Gasteiger partial charge in [0.25, 0.3) is 0 Å². The summed E-state index contributed by atoms with van der Waals surface area (Å²) in [5.41, 5.74) is 6.88. The molecule has 0 radical (unpaired) electrons. The molecule has 0 bridgehead atoms. The average molecular weight is 264 g/mol. The lowest BCUT2D eigenvalue weighted by molar-refractivity contribution is 0.1000. The largest absolute Gasteiger partial charge is 0.381 e. The van der Waals surface area contributed by atoms with Crippen molar-refractivity contribution in [2.24, 2.45) is 11.7 Å². The van der Waals surface area contributed by atoms with Crippen molar-refractivity contribution in [1.82, 2.24) is 5.32 Å². The lowest BCUT2D eigenvalue weighted by atomic mass is 10.1. The Balaban J connectivity index is 2.11. The lowest BCUT2D eigenvalue weighted by Gasteiger charge is -2.08. The number of nitrogens with two attached hydrogens (primary N) is 1. The van der Waals surface area contributed by atoms with E-state index in [4.69, 9.17) is 10.5 Å². The van der Waals surface area contributed by atoms with Gasteiger partial charge in [-0.25, -0.2) is 0 Å². The second-order valence-corrected chi connectivity index (χ2v) is 5.06. The maximum Gasteiger partial charge on any atom is 0.248 e. The van der Waals surface area contributed by atoms with Gasteiger partial charge in [0, 0.05) is 25.3 Å². The van der Waals surface area contributed by atoms with Gasteiger partial charge in [-0.15, -0.1) is 0 Å². The minimum atomic E-state index is -0.387. The first kappa shape index (κ1) is 15.7. The number of hydrogen-bond donors (Lipinski definition) is 2. The molecule has 0 atom stereocenters. The number of carbonyl (C=O) groups excluding carboxylic acids is 1. The summed E-state index contributed by atoms with van der Waals surface area (Å²) in [5, 5.41) is 3.34. The van der Waals surface area contributed by atoms with Crippen LogP contribution in [0.2, 0.25) is 0 Å². The molecule has 4 heteroatoms. The highest BCUT2D eigenvalue weighted by Gasteiger charge is 1.99. The van der Waals surface area contributed by atoms with Crippen LogP contribution in [-0.2, 0) is 11.3 Å². The van der Waals surface area contributed by atoms with E-state index in [1.165, 1.54) is 0 Å². The first-order valence-electron chi connectivity index (χ1n) is 6.77. The number of primary amides is 1. The second kappa shape index (κ2) is 8.67. The fourth-order valence-corrected chi connectivity index (χ4v) is 1.64. The predicted octanol–water partition coefficient (Wildman–Crippen LogP) is 1.94. The Kier molecular flexibility index (Phi) is 7.15. The Morgan fingerprint density at radius 2 is 2.00 bits per heavy atom. The van der Waals surface area contributed by atoms with Crippen molar-refractivity contribution in [3.8, 4) is 0 Å². The third-order valence-corrected chi connectivity index (χ3v) is 2.66. The molecule has 1 rings (SSSR count). The van der Waals surface area contributed by atoms with Crippen LogP contribution in [0.5, 0.6) is 0 Å². The summed E-state index contributed by atoms with van der Waals surface area (Å²) in [7, 11) is 0. The van der Waals surface area contributed by atoms with E-state index < -0.39 is 0 Å². The molecule has 19 heavy (non-hydrogen) atoms. The van der Waals surface area contributed by atoms with Crippen molar-refractivity contribution in [2.75, 3.05) is 19.8 Å². The molecule has 0 unspecified atom stereocenters. The molecule has 0 heterocycles. The van der Waals surface area contributed by atoms with Crippen LogP contribution in [0.3, 0.4) is 0 Å². The fourth-order valence-electron chi connectivity index (χ4n) is 1.64. The predicted molar refractivity (Wildman–Crippen MR) is 76.9 cm³/mol. The Hall–Kier alpha value is -1.39. The van der Waals surface area contributed by atoms with Gasteiger partial charge in [0.1, 0.15) is 0 Å². The van der Waals surface area contributed by atoms with Crippen LogP contribution < -0.4 is 11.1 Å². The Bertz CT molecular complexity index is 374. The molecule has 106 valence electrons. The number of ether oxygens (including phenoxy) is 1. The smallest absolute Gasteiger partial charge is 0.248 e. The van der Waals surface area contributed by atoms with Gasteiger partial charge >= 0.3 is 0 Å². The molecule has 0 fully saturated rings. The van der Waals surface area contributed by atoms with Gasteiger partial charge in [0.05, 0.1) is 0 Å². The Morgan fingerprint density at radius 1 is 1.32 bits per heavy atom. The van der Waals surface area contributed by atoms with Crippen molar-refractivity contribution < 1.29 is 9.53 Å². The number of hydrogen-bond acceptors (Lipinski definition) is 3. The van der Waals surface area contributed by atoms with Gasteiger partial charge in [-0.2, -0.15) is 0 Å². The first-order valence-corrected chi connectivity index (χ1v) is 6.77. The molecule has 0 aromatic heterocycles. The molecule has 1 aromatic carbocycles. The number of carbonyl (C=O) groups is 1. The van der Waals surface area contributed by atoms with E-state index >= 15 is 0 Å². The summed E-state index contributed by atoms with van der Waals surface area (Å²) in [6, 6.07) is 7.35. The van der Waals surface area contributed by atoms with Gasteiger partial charge in [-0.3, -0.25) is 4.79 Å². The quantitative estimate of drug-likeness (QED) is 0.670. The highest BCUT2D eigenvalue weighted by Crippen LogP contribution is 2.03. The van der Waals surface area contributed by atoms with Crippen LogP contribution >= 0.6 is 0 Å². The molecule has 1 amide bonds. The van der Waals surface area contributed by atoms with E-state index in [1.807, 2.05) is 12.1 Å². The summed E-state index contributed by atoms with van der Waals surface area (Å²) in [6.07, 6.45) is 1.01. The molecular weight excluding hydrogens is 240 g/mol. The van der Waals surface area contributed by atoms with Crippen molar-refractivity contribution in [1.29, 1.82) is 0 Å². The molecule has 0 saturated heterocycles. The van der Waals surface area contributed by atoms with Crippen LogP contribution in [0.15, 0.2) is 24.3 Å². The lowest BCUT2D eigenvalue weighted by Crippen LogP contribution is -2.17. The van der Waals surface area contributed by atoms with E-state index in [0.29, 0.717) is 11.5 Å². The van der Waals surface area contributed by atoms with Gasteiger partial charge in [0.2, 0.25) is 5.91 Å². The number of nitrogens with one attached hydrogen (secondary N) is 1. The standard InChI is InChI=1S/C15H24N2O2/c1-12(2)11-19-9-3-8-17-10-13-4-6-14(7-5-13)15(16)18/h4-7,12,17H,3,8-11H2,1-2H3,(H2,16,18). The number of benzene rings is 1. The maximum absolute atomic E-state index is 10.9. The minimum absolute atomic E-state index is 0.387. The van der Waals surface area contributed by atoms with Crippen molar-refractivity contribution in [3.63, 3.8) is 0 Å². The van der Waals surface area contributed by atoms with Gasteiger partial charge < -0.3 is 15.8 Å². The van der Waals surface area contributed by atoms with Crippen LogP contribution in [0.1, 0.15) is 36.2 Å². The highest BCUT2D eigenvalue weighted by molar-refractivity contribution is 5.92. The Labute approximate surface area is 115 Å². The van der Waals surface area contributed by atoms with Crippen molar-refractivity contribution >= 4 is 5.91 Å². The SMILES string of the molecule is CC(C)COCCCNCc1ccc(C(N)=O)cc1. The zero-order valence-electron chi connectivity index (χ0n) is 11.8. The summed E-state index contributed by atoms with van der Waals surface area (Å²) in [6.45, 7) is 7.64. The van der Waals surface area contributed by atoms with E-state index in [0.717, 1.165) is 38.3 Å². The molecule has 0 aliphatic carbocycles. The average Bonchev–Trinajstić information content (AvgIpc) is 2.38. The van der Waals surface area contributed by atoms with Gasteiger partial charge in [-0.1, -0.05) is 26.0 Å². The van der Waals surface area contributed by atoms with Gasteiger partial charge in [-0.05, 0) is 36.6 Å². The fraction of sp³-hybridized carbons (Fsp3) is 0.533. The summed E-state index contributed by atoms with van der Waals surface area (Å²) in [4.78, 5) is 10.9. The molecule has 0 saturated carbocycles. The molecule has 0 spiro atoms. The third-order valence-electron chi connectivity index (χ3n) is 2.66. The van der Waals surface area contributed by atoms with E-state index in [9.17, 15) is 4.79 Å². The van der Waals surface area contributed by atoms with E-state index in [-0.39, 0.29) is 5.91 Å². The highest BCUT2D eigenvalue weighted by atomic mass is 16.5. The third kappa shape index (κ3) is 6.94. The van der Waals surface area contributed by atoms with Crippen molar-refractivity contribution in [2.45, 2.75) is 26.8 Å². The normalized spacial score (nSPS) is 10.9. The van der Waals surface area contributed by atoms with Crippen LogP contribution in [-0.4, -0.2) is 25.7 Å². The summed E-state index contributed by atoms with van der Waals surface area (Å²) < 4.78 is 5.50. The second-order valence-electron chi connectivity index (χ2n) is 5.06. The maximum atomic E-state index is 10.9. The molecule has 3 N–H and O–H groups in total. The molecule has 1 aromatic rings. The molecular formula is C15H24N2O2. The topological polar surface area (TPSA) is 64.3 Å². The number of amides is 1. The molecule has 4 nitrogen and oxygen atoms in total. The van der Waals surface area contributed by atoms with Gasteiger partial charge in [0.15, 0.2) is 0 Å². The summed E-state index contributed by atoms with van der Waals surface area (Å²) in [5.74, 6) is 0.207. The summed E-state index contributed by atoms with van der Waals surface area (Å²) >= 11 is 0.